The van der Waals surface area contributed by atoms with Gasteiger partial charge in [0.15, 0.2) is 11.5 Å². The Kier molecular flexibility index (Phi) is 15.7. The molecule has 0 saturated heterocycles. The summed E-state index contributed by atoms with van der Waals surface area (Å²) in [6.45, 7) is 8.06. The van der Waals surface area contributed by atoms with E-state index in [2.05, 4.69) is 32.6 Å². The summed E-state index contributed by atoms with van der Waals surface area (Å²) in [7, 11) is 1.97. The highest BCUT2D eigenvalue weighted by Crippen LogP contribution is 2.36. The zero-order valence-corrected chi connectivity index (χ0v) is 16.6. The highest BCUT2D eigenvalue weighted by Gasteiger charge is 2.11. The minimum absolute atomic E-state index is 0. The Morgan fingerprint density at radius 1 is 1.05 bits per heavy atom. The third kappa shape index (κ3) is 8.44. The van der Waals surface area contributed by atoms with E-state index in [0.717, 1.165) is 42.0 Å². The van der Waals surface area contributed by atoms with Crippen LogP contribution in [0.1, 0.15) is 25.8 Å². The number of hydrogen-bond donors (Lipinski definition) is 2. The summed E-state index contributed by atoms with van der Waals surface area (Å²) in [5.41, 5.74) is 1.19. The van der Waals surface area contributed by atoms with Crippen molar-refractivity contribution in [1.82, 2.24) is 10.6 Å². The molecule has 0 heterocycles. The van der Waals surface area contributed by atoms with Crippen LogP contribution in [0.25, 0.3) is 0 Å². The second-order valence-corrected chi connectivity index (χ2v) is 5.26. The van der Waals surface area contributed by atoms with Crippen molar-refractivity contribution in [2.75, 3.05) is 33.4 Å². The SMILES string of the molecule is CCOc1cc(CNCCCNC)cc(Br)c1OCC.Cl.Cl. The molecule has 0 bridgehead atoms. The monoisotopic (exact) mass is 416 g/mol. The predicted molar refractivity (Wildman–Crippen MR) is 101 cm³/mol. The lowest BCUT2D eigenvalue weighted by Crippen LogP contribution is -2.19. The lowest BCUT2D eigenvalue weighted by Gasteiger charge is -2.15. The van der Waals surface area contributed by atoms with Gasteiger partial charge < -0.3 is 20.1 Å². The third-order valence-electron chi connectivity index (χ3n) is 2.77. The first-order valence-electron chi connectivity index (χ1n) is 7.16. The Morgan fingerprint density at radius 3 is 2.32 bits per heavy atom. The zero-order chi connectivity index (χ0) is 14.8. The van der Waals surface area contributed by atoms with Crippen LogP contribution >= 0.6 is 40.7 Å². The van der Waals surface area contributed by atoms with Crippen molar-refractivity contribution in [3.05, 3.63) is 22.2 Å². The first-order chi connectivity index (χ1) is 9.72. The molecule has 130 valence electrons. The second-order valence-electron chi connectivity index (χ2n) is 4.40. The maximum Gasteiger partial charge on any atom is 0.175 e. The molecule has 1 aromatic carbocycles. The highest BCUT2D eigenvalue weighted by atomic mass is 79.9. The number of hydrogen-bond acceptors (Lipinski definition) is 4. The molecule has 22 heavy (non-hydrogen) atoms. The molecule has 0 unspecified atom stereocenters. The molecule has 0 radical (unpaired) electrons. The summed E-state index contributed by atoms with van der Waals surface area (Å²) < 4.78 is 12.2. The summed E-state index contributed by atoms with van der Waals surface area (Å²) in [5.74, 6) is 1.59. The molecule has 0 fully saturated rings. The van der Waals surface area contributed by atoms with Crippen LogP contribution in [0, 0.1) is 0 Å². The number of rotatable bonds is 10. The quantitative estimate of drug-likeness (QED) is 0.568. The van der Waals surface area contributed by atoms with E-state index in [4.69, 9.17) is 9.47 Å². The Balaban J connectivity index is 0. The zero-order valence-electron chi connectivity index (χ0n) is 13.4. The van der Waals surface area contributed by atoms with E-state index < -0.39 is 0 Å². The van der Waals surface area contributed by atoms with Gasteiger partial charge in [0.25, 0.3) is 0 Å². The van der Waals surface area contributed by atoms with Crippen LogP contribution in [0.15, 0.2) is 16.6 Å². The van der Waals surface area contributed by atoms with Gasteiger partial charge in [-0.05, 0) is 74.0 Å². The molecule has 0 aromatic heterocycles. The van der Waals surface area contributed by atoms with Crippen molar-refractivity contribution >= 4 is 40.7 Å². The normalized spacial score (nSPS) is 9.64. The maximum absolute atomic E-state index is 5.66. The van der Waals surface area contributed by atoms with Gasteiger partial charge in [0, 0.05) is 6.54 Å². The topological polar surface area (TPSA) is 42.5 Å². The largest absolute Gasteiger partial charge is 0.490 e. The van der Waals surface area contributed by atoms with Crippen LogP contribution < -0.4 is 20.1 Å². The van der Waals surface area contributed by atoms with E-state index in [-0.39, 0.29) is 24.8 Å². The summed E-state index contributed by atoms with van der Waals surface area (Å²) >= 11 is 3.56. The van der Waals surface area contributed by atoms with E-state index >= 15 is 0 Å². The van der Waals surface area contributed by atoms with Crippen molar-refractivity contribution in [2.45, 2.75) is 26.8 Å². The Bertz CT molecular complexity index is 409. The van der Waals surface area contributed by atoms with Gasteiger partial charge in [-0.25, -0.2) is 0 Å². The van der Waals surface area contributed by atoms with Crippen LogP contribution in [0.3, 0.4) is 0 Å². The summed E-state index contributed by atoms with van der Waals surface area (Å²) in [4.78, 5) is 0. The van der Waals surface area contributed by atoms with Crippen LogP contribution in [-0.2, 0) is 6.54 Å². The van der Waals surface area contributed by atoms with Crippen molar-refractivity contribution in [3.63, 3.8) is 0 Å². The first kappa shape index (κ1) is 24.1. The summed E-state index contributed by atoms with van der Waals surface area (Å²) in [6.07, 6.45) is 1.12. The van der Waals surface area contributed by atoms with Crippen LogP contribution in [-0.4, -0.2) is 33.4 Å². The van der Waals surface area contributed by atoms with Crippen molar-refractivity contribution in [2.24, 2.45) is 0 Å². The maximum atomic E-state index is 5.66. The van der Waals surface area contributed by atoms with E-state index in [9.17, 15) is 0 Å². The van der Waals surface area contributed by atoms with Crippen molar-refractivity contribution < 1.29 is 9.47 Å². The van der Waals surface area contributed by atoms with E-state index in [0.29, 0.717) is 13.2 Å². The lowest BCUT2D eigenvalue weighted by atomic mass is 10.2. The molecule has 4 nitrogen and oxygen atoms in total. The average Bonchev–Trinajstić information content (AvgIpc) is 2.43. The molecule has 0 aliphatic carbocycles. The molecule has 1 rings (SSSR count). The third-order valence-corrected chi connectivity index (χ3v) is 3.36. The van der Waals surface area contributed by atoms with E-state index in [1.807, 2.05) is 27.0 Å². The Morgan fingerprint density at radius 2 is 1.73 bits per heavy atom. The molecule has 1 aromatic rings. The average molecular weight is 418 g/mol. The number of ether oxygens (including phenoxy) is 2. The number of halogens is 3. The van der Waals surface area contributed by atoms with Gasteiger partial charge in [0.1, 0.15) is 0 Å². The van der Waals surface area contributed by atoms with E-state index in [1.54, 1.807) is 0 Å². The van der Waals surface area contributed by atoms with Gasteiger partial charge >= 0.3 is 0 Å². The van der Waals surface area contributed by atoms with Crippen molar-refractivity contribution in [3.8, 4) is 11.5 Å². The van der Waals surface area contributed by atoms with Gasteiger partial charge in [-0.2, -0.15) is 0 Å². The van der Waals surface area contributed by atoms with Gasteiger partial charge in [0.05, 0.1) is 17.7 Å². The summed E-state index contributed by atoms with van der Waals surface area (Å²) in [5, 5.41) is 6.57. The molecule has 0 aliphatic heterocycles. The Labute approximate surface area is 154 Å². The standard InChI is InChI=1S/C15H25BrN2O2.2ClH/c1-4-19-14-10-12(11-18-8-6-7-17-3)9-13(16)15(14)20-5-2;;/h9-10,17-18H,4-8,11H2,1-3H3;2*1H. The molecule has 0 aliphatic rings. The van der Waals surface area contributed by atoms with Gasteiger partial charge in [-0.1, -0.05) is 0 Å². The fourth-order valence-electron chi connectivity index (χ4n) is 1.89. The first-order valence-corrected chi connectivity index (χ1v) is 7.95. The molecule has 0 saturated carbocycles. The lowest BCUT2D eigenvalue weighted by molar-refractivity contribution is 0.286. The second kappa shape index (κ2) is 14.4. The molecule has 7 heteroatoms. The smallest absolute Gasteiger partial charge is 0.175 e. The van der Waals surface area contributed by atoms with Crippen LogP contribution in [0.5, 0.6) is 11.5 Å². The molecular formula is C15H27BrCl2N2O2. The Hall–Kier alpha value is -0.200. The molecule has 0 amide bonds. The summed E-state index contributed by atoms with van der Waals surface area (Å²) in [6, 6.07) is 4.13. The fourth-order valence-corrected chi connectivity index (χ4v) is 2.50. The van der Waals surface area contributed by atoms with Gasteiger partial charge in [0.2, 0.25) is 0 Å². The van der Waals surface area contributed by atoms with Crippen LogP contribution in [0.2, 0.25) is 0 Å². The molecule has 0 spiro atoms. The minimum Gasteiger partial charge on any atom is -0.490 e. The van der Waals surface area contributed by atoms with Crippen molar-refractivity contribution in [1.29, 1.82) is 0 Å². The van der Waals surface area contributed by atoms with Gasteiger partial charge in [-0.15, -0.1) is 24.8 Å². The predicted octanol–water partition coefficient (Wildman–Crippen LogP) is 3.79. The molecule has 0 atom stereocenters. The van der Waals surface area contributed by atoms with Crippen LogP contribution in [0.4, 0.5) is 0 Å². The minimum atomic E-state index is 0. The fraction of sp³-hybridized carbons (Fsp3) is 0.600. The highest BCUT2D eigenvalue weighted by molar-refractivity contribution is 9.10. The molecular weight excluding hydrogens is 391 g/mol. The number of nitrogens with one attached hydrogen (secondary N) is 2. The van der Waals surface area contributed by atoms with Gasteiger partial charge in [-0.3, -0.25) is 0 Å². The van der Waals surface area contributed by atoms with E-state index in [1.165, 1.54) is 5.56 Å². The molecule has 2 N–H and O–H groups in total. The number of benzene rings is 1.